The highest BCUT2D eigenvalue weighted by Gasteiger charge is 2.49. The smallest absolute Gasteiger partial charge is 0.162 e. The number of nitrogens with zero attached hydrogens (tertiary/aromatic N) is 1. The van der Waals surface area contributed by atoms with Crippen molar-refractivity contribution in [2.24, 2.45) is 10.8 Å². The van der Waals surface area contributed by atoms with Crippen molar-refractivity contribution in [3.05, 3.63) is 87.7 Å². The van der Waals surface area contributed by atoms with Gasteiger partial charge in [0.25, 0.3) is 0 Å². The highest BCUT2D eigenvalue weighted by molar-refractivity contribution is 6.30. The number of carbonyl (C=O) groups is 2. The van der Waals surface area contributed by atoms with Crippen molar-refractivity contribution in [1.82, 2.24) is 0 Å². The Balaban J connectivity index is 1.82. The van der Waals surface area contributed by atoms with E-state index in [0.717, 1.165) is 46.6 Å². The van der Waals surface area contributed by atoms with E-state index in [1.54, 1.807) is 0 Å². The Hall–Kier alpha value is -2.65. The van der Waals surface area contributed by atoms with Crippen LogP contribution in [-0.4, -0.2) is 11.6 Å². The molecule has 4 heteroatoms. The number of allylic oxidation sites excluding steroid dienone is 4. The van der Waals surface area contributed by atoms with Crippen LogP contribution in [0.4, 0.5) is 5.69 Å². The van der Waals surface area contributed by atoms with Gasteiger partial charge in [-0.1, -0.05) is 69.6 Å². The van der Waals surface area contributed by atoms with E-state index in [1.807, 2.05) is 42.5 Å². The number of halogens is 1. The van der Waals surface area contributed by atoms with Crippen molar-refractivity contribution in [2.75, 3.05) is 4.90 Å². The van der Waals surface area contributed by atoms with Gasteiger partial charge in [0.15, 0.2) is 11.6 Å². The molecule has 5 rings (SSSR count). The van der Waals surface area contributed by atoms with Crippen molar-refractivity contribution in [3.63, 3.8) is 0 Å². The average Bonchev–Trinajstić information content (AvgIpc) is 2.72. The molecule has 0 atom stereocenters. The molecular weight excluding hydrogens is 430 g/mol. The molecule has 3 aliphatic rings. The van der Waals surface area contributed by atoms with Crippen LogP contribution in [-0.2, 0) is 9.59 Å². The van der Waals surface area contributed by atoms with Crippen LogP contribution in [0.2, 0.25) is 5.02 Å². The fourth-order valence-electron chi connectivity index (χ4n) is 5.84. The van der Waals surface area contributed by atoms with E-state index in [0.29, 0.717) is 17.9 Å². The Labute approximate surface area is 201 Å². The van der Waals surface area contributed by atoms with Gasteiger partial charge in [0.2, 0.25) is 0 Å². The molecule has 0 bridgehead atoms. The molecule has 0 saturated heterocycles. The Morgan fingerprint density at radius 1 is 0.727 bits per heavy atom. The van der Waals surface area contributed by atoms with E-state index in [1.165, 1.54) is 0 Å². The second-order valence-corrected chi connectivity index (χ2v) is 11.7. The van der Waals surface area contributed by atoms with Gasteiger partial charge in [-0.25, -0.2) is 0 Å². The largest absolute Gasteiger partial charge is 0.317 e. The van der Waals surface area contributed by atoms with Gasteiger partial charge in [-0.05, 0) is 53.5 Å². The van der Waals surface area contributed by atoms with Crippen molar-refractivity contribution < 1.29 is 9.59 Å². The molecule has 2 aromatic rings. The molecule has 170 valence electrons. The molecule has 3 nitrogen and oxygen atoms in total. The first kappa shape index (κ1) is 22.2. The summed E-state index contributed by atoms with van der Waals surface area (Å²) in [5, 5.41) is 0.649. The number of ketones is 2. The first-order chi connectivity index (χ1) is 15.6. The van der Waals surface area contributed by atoms with Gasteiger partial charge >= 0.3 is 0 Å². The summed E-state index contributed by atoms with van der Waals surface area (Å²) in [5.74, 6) is -0.0444. The number of benzene rings is 2. The van der Waals surface area contributed by atoms with Crippen molar-refractivity contribution in [1.29, 1.82) is 0 Å². The fraction of sp³-hybridized carbons (Fsp3) is 0.379. The summed E-state index contributed by atoms with van der Waals surface area (Å²) in [6, 6.07) is 17.9. The predicted octanol–water partition coefficient (Wildman–Crippen LogP) is 7.23. The van der Waals surface area contributed by atoms with Crippen LogP contribution in [0, 0.1) is 10.8 Å². The van der Waals surface area contributed by atoms with E-state index in [2.05, 4.69) is 44.7 Å². The molecule has 0 fully saturated rings. The lowest BCUT2D eigenvalue weighted by atomic mass is 9.63. The third kappa shape index (κ3) is 3.87. The summed E-state index contributed by atoms with van der Waals surface area (Å²) in [4.78, 5) is 29.7. The minimum atomic E-state index is -0.334. The number of para-hydroxylation sites is 1. The summed E-state index contributed by atoms with van der Waals surface area (Å²) in [7, 11) is 0. The molecule has 0 radical (unpaired) electrons. The Kier molecular flexibility index (Phi) is 5.17. The van der Waals surface area contributed by atoms with Crippen LogP contribution in [0.25, 0.3) is 0 Å². The Morgan fingerprint density at radius 3 is 1.70 bits per heavy atom. The van der Waals surface area contributed by atoms with Gasteiger partial charge in [-0.2, -0.15) is 0 Å². The van der Waals surface area contributed by atoms with Crippen molar-refractivity contribution in [2.45, 2.75) is 59.3 Å². The number of rotatable bonds is 2. The zero-order valence-electron chi connectivity index (χ0n) is 19.7. The lowest BCUT2D eigenvalue weighted by Crippen LogP contribution is -2.44. The molecule has 0 N–H and O–H groups in total. The van der Waals surface area contributed by atoms with Crippen LogP contribution in [0.1, 0.15) is 64.9 Å². The maximum Gasteiger partial charge on any atom is 0.162 e. The Morgan fingerprint density at radius 2 is 1.21 bits per heavy atom. The average molecular weight is 460 g/mol. The molecule has 0 unspecified atom stereocenters. The second-order valence-electron chi connectivity index (χ2n) is 11.3. The summed E-state index contributed by atoms with van der Waals surface area (Å²) >= 11 is 6.19. The van der Waals surface area contributed by atoms with E-state index < -0.39 is 0 Å². The quantitative estimate of drug-likeness (QED) is 0.475. The maximum atomic E-state index is 13.7. The summed E-state index contributed by atoms with van der Waals surface area (Å²) < 4.78 is 0. The zero-order valence-corrected chi connectivity index (χ0v) is 20.5. The molecule has 1 heterocycles. The van der Waals surface area contributed by atoms with Gasteiger partial charge in [-0.15, -0.1) is 0 Å². The highest BCUT2D eigenvalue weighted by atomic mass is 35.5. The first-order valence-electron chi connectivity index (χ1n) is 11.7. The van der Waals surface area contributed by atoms with Gasteiger partial charge in [0.1, 0.15) is 0 Å². The lowest BCUT2D eigenvalue weighted by molar-refractivity contribution is -0.119. The Bertz CT molecular complexity index is 1150. The van der Waals surface area contributed by atoms with Crippen LogP contribution in [0.3, 0.4) is 0 Å². The third-order valence-corrected chi connectivity index (χ3v) is 7.38. The number of Topliss-reactive ketones (excluding diaryl/α,β-unsaturated/α-hetero) is 2. The van der Waals surface area contributed by atoms with Crippen LogP contribution in [0.5, 0.6) is 0 Å². The summed E-state index contributed by atoms with van der Waals surface area (Å²) in [5.41, 5.74) is 5.37. The van der Waals surface area contributed by atoms with Crippen LogP contribution < -0.4 is 4.90 Å². The molecule has 2 aliphatic carbocycles. The molecule has 0 amide bonds. The molecule has 2 aromatic carbocycles. The van der Waals surface area contributed by atoms with Crippen molar-refractivity contribution >= 4 is 28.9 Å². The summed E-state index contributed by atoms with van der Waals surface area (Å²) in [6.45, 7) is 8.65. The third-order valence-electron chi connectivity index (χ3n) is 7.13. The highest BCUT2D eigenvalue weighted by Crippen LogP contribution is 2.55. The van der Waals surface area contributed by atoms with Gasteiger partial charge in [-0.3, -0.25) is 9.59 Å². The second kappa shape index (κ2) is 7.70. The minimum absolute atomic E-state index is 0.139. The van der Waals surface area contributed by atoms with Crippen LogP contribution >= 0.6 is 11.6 Å². The number of anilines is 1. The predicted molar refractivity (Wildman–Crippen MR) is 133 cm³/mol. The molecule has 1 aliphatic heterocycles. The monoisotopic (exact) mass is 459 g/mol. The number of hydrogen-bond donors (Lipinski definition) is 0. The SMILES string of the molecule is CC1(C)CC(=O)C2=C(C1)N(c1ccccc1)C1=C(C(=O)CC(C)(C)C1)C2c1ccc(Cl)cc1. The van der Waals surface area contributed by atoms with E-state index in [4.69, 9.17) is 11.6 Å². The first-order valence-corrected chi connectivity index (χ1v) is 12.1. The van der Waals surface area contributed by atoms with E-state index in [9.17, 15) is 9.59 Å². The van der Waals surface area contributed by atoms with Crippen molar-refractivity contribution in [3.8, 4) is 0 Å². The standard InChI is InChI=1S/C29H30ClNO2/c1-28(2)14-21-26(23(32)16-28)25(18-10-12-19(30)13-11-18)27-22(15-29(3,4)17-24(27)33)31(21)20-8-6-5-7-9-20/h5-13,25H,14-17H2,1-4H3. The normalized spacial score (nSPS) is 22.4. The number of carbonyl (C=O) groups excluding carboxylic acids is 2. The van der Waals surface area contributed by atoms with Gasteiger partial charge < -0.3 is 4.90 Å². The van der Waals surface area contributed by atoms with E-state index in [-0.39, 0.29) is 28.3 Å². The topological polar surface area (TPSA) is 37.4 Å². The molecule has 33 heavy (non-hydrogen) atoms. The van der Waals surface area contributed by atoms with Gasteiger partial charge in [0.05, 0.1) is 0 Å². The molecule has 0 spiro atoms. The summed E-state index contributed by atoms with van der Waals surface area (Å²) in [6.07, 6.45) is 2.55. The minimum Gasteiger partial charge on any atom is -0.317 e. The molecule has 0 aromatic heterocycles. The van der Waals surface area contributed by atoms with Gasteiger partial charge in [0, 0.05) is 52.0 Å². The van der Waals surface area contributed by atoms with E-state index >= 15 is 0 Å². The fourth-order valence-corrected chi connectivity index (χ4v) is 5.97. The van der Waals surface area contributed by atoms with Crippen LogP contribution in [0.15, 0.2) is 77.1 Å². The molecule has 0 saturated carbocycles. The number of hydrogen-bond acceptors (Lipinski definition) is 3. The molecular formula is C29H30ClNO2. The zero-order chi connectivity index (χ0) is 23.5. The lowest BCUT2D eigenvalue weighted by Gasteiger charge is -2.49. The maximum absolute atomic E-state index is 13.7.